The summed E-state index contributed by atoms with van der Waals surface area (Å²) in [5.41, 5.74) is 0.871. The van der Waals surface area contributed by atoms with Crippen LogP contribution in [-0.4, -0.2) is 38.3 Å². The minimum absolute atomic E-state index is 0.165. The Balaban J connectivity index is 1.70. The lowest BCUT2D eigenvalue weighted by atomic mass is 10.0. The minimum Gasteiger partial charge on any atom is -0.488 e. The zero-order valence-corrected chi connectivity index (χ0v) is 12.2. The summed E-state index contributed by atoms with van der Waals surface area (Å²) in [5.74, 6) is 6.96. The monoisotopic (exact) mass is 296 g/mol. The predicted octanol–water partition coefficient (Wildman–Crippen LogP) is 1.12. The molecule has 0 aromatic heterocycles. The number of benzene rings is 1. The number of hydrogen-bond acceptors (Lipinski definition) is 5. The van der Waals surface area contributed by atoms with E-state index in [9.17, 15) is 0 Å². The van der Waals surface area contributed by atoms with E-state index in [1.807, 2.05) is 18.2 Å². The molecule has 1 saturated heterocycles. The van der Waals surface area contributed by atoms with E-state index in [1.165, 1.54) is 6.42 Å². The van der Waals surface area contributed by atoms with E-state index in [0.29, 0.717) is 23.4 Å². The summed E-state index contributed by atoms with van der Waals surface area (Å²) in [6, 6.07) is 6.27. The average molecular weight is 297 g/mol. The lowest BCUT2D eigenvalue weighted by Gasteiger charge is -2.37. The number of hydrazine groups is 1. The Morgan fingerprint density at radius 1 is 1.40 bits per heavy atom. The van der Waals surface area contributed by atoms with Crippen molar-refractivity contribution in [1.29, 1.82) is 0 Å². The molecule has 1 aromatic rings. The van der Waals surface area contributed by atoms with Gasteiger partial charge in [-0.2, -0.15) is 0 Å². The second-order valence-corrected chi connectivity index (χ2v) is 5.81. The molecule has 0 saturated carbocycles. The number of halogens is 1. The van der Waals surface area contributed by atoms with Gasteiger partial charge in [0.25, 0.3) is 0 Å². The van der Waals surface area contributed by atoms with Crippen LogP contribution in [0.25, 0.3) is 0 Å². The van der Waals surface area contributed by atoms with E-state index in [4.69, 9.17) is 22.2 Å². The summed E-state index contributed by atoms with van der Waals surface area (Å²) in [4.78, 5) is 0. The van der Waals surface area contributed by atoms with Crippen molar-refractivity contribution in [2.45, 2.75) is 24.9 Å². The highest BCUT2D eigenvalue weighted by Gasteiger charge is 2.29. The maximum atomic E-state index is 6.26. The van der Waals surface area contributed by atoms with Gasteiger partial charge in [-0.25, -0.2) is 5.84 Å². The van der Waals surface area contributed by atoms with Gasteiger partial charge in [0, 0.05) is 12.6 Å². The van der Waals surface area contributed by atoms with Gasteiger partial charge in [0.1, 0.15) is 6.61 Å². The lowest BCUT2D eigenvalue weighted by Crippen LogP contribution is -2.51. The van der Waals surface area contributed by atoms with Crippen molar-refractivity contribution in [3.63, 3.8) is 0 Å². The maximum Gasteiger partial charge on any atom is 0.162 e. The molecule has 2 unspecified atom stereocenters. The van der Waals surface area contributed by atoms with E-state index >= 15 is 0 Å². The van der Waals surface area contributed by atoms with Crippen molar-refractivity contribution in [2.24, 2.45) is 5.84 Å². The quantitative estimate of drug-likeness (QED) is 0.714. The molecule has 0 radical (unpaired) electrons. The van der Waals surface area contributed by atoms with Gasteiger partial charge >= 0.3 is 0 Å². The fourth-order valence-corrected chi connectivity index (χ4v) is 3.07. The number of fused-ring (bicyclic) bond motifs is 1. The van der Waals surface area contributed by atoms with Crippen molar-refractivity contribution in [3.8, 4) is 5.75 Å². The van der Waals surface area contributed by atoms with Gasteiger partial charge in [0.05, 0.1) is 16.8 Å². The van der Waals surface area contributed by atoms with Crippen LogP contribution in [0.4, 0.5) is 5.69 Å². The third-order valence-corrected chi connectivity index (χ3v) is 4.25. The van der Waals surface area contributed by atoms with Crippen LogP contribution in [-0.2, 0) is 0 Å². The van der Waals surface area contributed by atoms with Crippen molar-refractivity contribution >= 4 is 17.3 Å². The Labute approximate surface area is 124 Å². The maximum absolute atomic E-state index is 6.26. The first-order chi connectivity index (χ1) is 9.75. The molecule has 3 rings (SSSR count). The molecule has 2 aliphatic heterocycles. The molecule has 5 nitrogen and oxygen atoms in total. The van der Waals surface area contributed by atoms with Crippen molar-refractivity contribution < 1.29 is 4.74 Å². The molecule has 6 heteroatoms. The highest BCUT2D eigenvalue weighted by molar-refractivity contribution is 6.32. The highest BCUT2D eigenvalue weighted by atomic mass is 35.5. The van der Waals surface area contributed by atoms with Gasteiger partial charge in [-0.1, -0.05) is 17.7 Å². The Morgan fingerprint density at radius 3 is 3.20 bits per heavy atom. The Morgan fingerprint density at radius 2 is 2.30 bits per heavy atom. The summed E-state index contributed by atoms with van der Waals surface area (Å²) in [6.07, 6.45) is 2.12. The number of rotatable bonds is 2. The number of anilines is 1. The molecular weight excluding hydrogens is 276 g/mol. The number of para-hydroxylation sites is 1. The standard InChI is InChI=1S/C14H21ClN4O/c15-12-3-1-4-13-14(12)20-9-11(19(13)16)7-10-8-17-5-2-6-18-10/h1,3-4,10-11,17-18H,2,5-9,16H2. The Hall–Kier alpha value is -1.01. The van der Waals surface area contributed by atoms with Crippen LogP contribution in [0.2, 0.25) is 5.02 Å². The van der Waals surface area contributed by atoms with Crippen molar-refractivity contribution in [2.75, 3.05) is 31.3 Å². The van der Waals surface area contributed by atoms with Gasteiger partial charge in [-0.05, 0) is 38.1 Å². The zero-order chi connectivity index (χ0) is 13.9. The first-order valence-electron chi connectivity index (χ1n) is 7.15. The van der Waals surface area contributed by atoms with Crippen LogP contribution in [0.1, 0.15) is 12.8 Å². The van der Waals surface area contributed by atoms with Crippen molar-refractivity contribution in [1.82, 2.24) is 10.6 Å². The topological polar surface area (TPSA) is 62.5 Å². The molecule has 0 spiro atoms. The number of hydrogen-bond donors (Lipinski definition) is 3. The van der Waals surface area contributed by atoms with Gasteiger partial charge in [-0.15, -0.1) is 0 Å². The summed E-state index contributed by atoms with van der Waals surface area (Å²) in [5, 5.41) is 9.42. The second-order valence-electron chi connectivity index (χ2n) is 5.40. The Bertz CT molecular complexity index is 462. The minimum atomic E-state index is 0.165. The van der Waals surface area contributed by atoms with Crippen LogP contribution in [0.5, 0.6) is 5.75 Å². The van der Waals surface area contributed by atoms with Crippen LogP contribution in [0.15, 0.2) is 18.2 Å². The fraction of sp³-hybridized carbons (Fsp3) is 0.571. The largest absolute Gasteiger partial charge is 0.488 e. The van der Waals surface area contributed by atoms with E-state index in [-0.39, 0.29) is 6.04 Å². The molecule has 2 aliphatic rings. The summed E-state index contributed by atoms with van der Waals surface area (Å²) in [7, 11) is 0. The van der Waals surface area contributed by atoms with Gasteiger partial charge < -0.3 is 20.4 Å². The molecule has 2 heterocycles. The molecule has 20 heavy (non-hydrogen) atoms. The van der Waals surface area contributed by atoms with E-state index < -0.39 is 0 Å². The molecule has 1 fully saturated rings. The van der Waals surface area contributed by atoms with E-state index in [1.54, 1.807) is 5.01 Å². The Kier molecular flexibility index (Phi) is 4.31. The first kappa shape index (κ1) is 13.9. The smallest absolute Gasteiger partial charge is 0.162 e. The molecule has 110 valence electrons. The van der Waals surface area contributed by atoms with Gasteiger partial charge in [0.2, 0.25) is 0 Å². The van der Waals surface area contributed by atoms with Crippen LogP contribution < -0.4 is 26.2 Å². The molecule has 2 atom stereocenters. The van der Waals surface area contributed by atoms with Crippen LogP contribution >= 0.6 is 11.6 Å². The number of nitrogens with one attached hydrogen (secondary N) is 2. The predicted molar refractivity (Wildman–Crippen MR) is 81.3 cm³/mol. The van der Waals surface area contributed by atoms with E-state index in [2.05, 4.69) is 10.6 Å². The summed E-state index contributed by atoms with van der Waals surface area (Å²) >= 11 is 6.14. The zero-order valence-electron chi connectivity index (χ0n) is 11.4. The van der Waals surface area contributed by atoms with E-state index in [0.717, 1.165) is 31.7 Å². The van der Waals surface area contributed by atoms with Crippen LogP contribution in [0, 0.1) is 0 Å². The van der Waals surface area contributed by atoms with Gasteiger partial charge in [-0.3, -0.25) is 0 Å². The van der Waals surface area contributed by atoms with Crippen molar-refractivity contribution in [3.05, 3.63) is 23.2 Å². The molecular formula is C14H21ClN4O. The molecule has 0 aliphatic carbocycles. The number of nitrogens with two attached hydrogens (primary N) is 1. The average Bonchev–Trinajstić information content (AvgIpc) is 2.71. The summed E-state index contributed by atoms with van der Waals surface area (Å²) in [6.45, 7) is 3.69. The molecule has 0 amide bonds. The number of nitrogens with zero attached hydrogens (tertiary/aromatic N) is 1. The first-order valence-corrected chi connectivity index (χ1v) is 7.53. The number of ether oxygens (including phenoxy) is 1. The van der Waals surface area contributed by atoms with Gasteiger partial charge in [0.15, 0.2) is 5.75 Å². The van der Waals surface area contributed by atoms with Crippen LogP contribution in [0.3, 0.4) is 0 Å². The third-order valence-electron chi connectivity index (χ3n) is 3.95. The lowest BCUT2D eigenvalue weighted by molar-refractivity contribution is 0.244. The fourth-order valence-electron chi connectivity index (χ4n) is 2.84. The normalized spacial score (nSPS) is 26.6. The third kappa shape index (κ3) is 2.86. The second kappa shape index (κ2) is 6.18. The molecule has 4 N–H and O–H groups in total. The molecule has 0 bridgehead atoms. The highest BCUT2D eigenvalue weighted by Crippen LogP contribution is 2.38. The SMILES string of the molecule is NN1c2cccc(Cl)c2OCC1CC1CNCCCN1. The summed E-state index contributed by atoms with van der Waals surface area (Å²) < 4.78 is 5.81. The molecule has 1 aromatic carbocycles.